The van der Waals surface area contributed by atoms with Gasteiger partial charge in [-0.05, 0) is 143 Å². The van der Waals surface area contributed by atoms with Gasteiger partial charge in [0.15, 0.2) is 0 Å². The summed E-state index contributed by atoms with van der Waals surface area (Å²) in [7, 11) is 1.50. The van der Waals surface area contributed by atoms with Crippen LogP contribution in [0, 0.1) is 5.92 Å². The molecule has 23 nitrogen and oxygen atoms in total. The van der Waals surface area contributed by atoms with Gasteiger partial charge in [-0.3, -0.25) is 57.5 Å². The van der Waals surface area contributed by atoms with Crippen molar-refractivity contribution in [3.05, 3.63) is 141 Å². The number of ketones is 1. The van der Waals surface area contributed by atoms with E-state index in [9.17, 15) is 47.9 Å². The summed E-state index contributed by atoms with van der Waals surface area (Å²) in [5.74, 6) is -6.72. The zero-order valence-corrected chi connectivity index (χ0v) is 51.7. The molecule has 0 aromatic heterocycles. The highest BCUT2D eigenvalue weighted by Gasteiger charge is 2.41. The van der Waals surface area contributed by atoms with E-state index in [0.717, 1.165) is 51.4 Å². The highest BCUT2D eigenvalue weighted by Crippen LogP contribution is 2.31. The maximum absolute atomic E-state index is 15.0. The lowest BCUT2D eigenvalue weighted by Gasteiger charge is -2.33. The minimum atomic E-state index is -0.954. The molecular formula is C69H81N11O12. The molecule has 484 valence electrons. The molecule has 11 atom stereocenters. The van der Waals surface area contributed by atoms with E-state index >= 15 is 9.59 Å². The number of nitrogens with one attached hydrogen (secondary N) is 11. The summed E-state index contributed by atoms with van der Waals surface area (Å²) < 4.78 is 0. The molecule has 0 radical (unpaired) electrons. The fourth-order valence-corrected chi connectivity index (χ4v) is 14.4. The number of hydrogen-bond donors (Lipinski definition) is 11. The van der Waals surface area contributed by atoms with Gasteiger partial charge in [-0.15, -0.1) is 0 Å². The Kier molecular flexibility index (Phi) is 20.2. The molecule has 5 saturated carbocycles. The van der Waals surface area contributed by atoms with Crippen LogP contribution >= 0.6 is 0 Å². The van der Waals surface area contributed by atoms with E-state index in [2.05, 4.69) is 58.5 Å². The second-order valence-electron chi connectivity index (χ2n) is 25.9. The predicted octanol–water partition coefficient (Wildman–Crippen LogP) is 4.99. The lowest BCUT2D eigenvalue weighted by Crippen LogP contribution is -2.54. The Balaban J connectivity index is 0.895. The van der Waals surface area contributed by atoms with Gasteiger partial charge in [-0.1, -0.05) is 63.5 Å². The monoisotopic (exact) mass is 1260 g/mol. The Bertz CT molecular complexity index is 3210. The summed E-state index contributed by atoms with van der Waals surface area (Å²) in [6, 6.07) is 15.0. The molecule has 7 aliphatic rings. The van der Waals surface area contributed by atoms with Gasteiger partial charge in [0.2, 0.25) is 5.91 Å². The number of carbonyl (C=O) groups excluding carboxylic acids is 12. The van der Waals surface area contributed by atoms with Gasteiger partial charge in [-0.25, -0.2) is 0 Å². The molecule has 5 fully saturated rings. The van der Waals surface area contributed by atoms with Crippen LogP contribution in [0.25, 0.3) is 0 Å². The molecule has 0 saturated heterocycles. The smallest absolute Gasteiger partial charge is 0.251 e. The number of Topliss-reactive ketones (excluding diaryl/α,β-unsaturated/α-hetero) is 1. The molecule has 92 heavy (non-hydrogen) atoms. The third-order valence-electron chi connectivity index (χ3n) is 19.6. The molecule has 11 N–H and O–H groups in total. The summed E-state index contributed by atoms with van der Waals surface area (Å²) >= 11 is 0. The van der Waals surface area contributed by atoms with Crippen molar-refractivity contribution in [2.45, 2.75) is 195 Å². The summed E-state index contributed by atoms with van der Waals surface area (Å²) in [4.78, 5) is 170. The third-order valence-corrected chi connectivity index (χ3v) is 19.6. The van der Waals surface area contributed by atoms with Gasteiger partial charge < -0.3 is 58.5 Å². The van der Waals surface area contributed by atoms with Crippen LogP contribution in [-0.4, -0.2) is 138 Å². The molecular weight excluding hydrogens is 1170 g/mol. The number of benzene rings is 4. The van der Waals surface area contributed by atoms with Crippen LogP contribution in [0.15, 0.2) is 84.9 Å². The molecule has 4 aromatic rings. The van der Waals surface area contributed by atoms with Gasteiger partial charge in [0.1, 0.15) is 5.78 Å². The first kappa shape index (κ1) is 64.3. The summed E-state index contributed by atoms with van der Waals surface area (Å²) in [5, 5.41) is 33.2. The van der Waals surface area contributed by atoms with Gasteiger partial charge >= 0.3 is 0 Å². The third kappa shape index (κ3) is 15.4. The second kappa shape index (κ2) is 28.9. The van der Waals surface area contributed by atoms with Crippen molar-refractivity contribution < 1.29 is 57.5 Å². The number of hydrogen-bond acceptors (Lipinski definition) is 12. The van der Waals surface area contributed by atoms with Crippen molar-refractivity contribution in [3.63, 3.8) is 0 Å². The normalized spacial score (nSPS) is 27.0. The molecule has 11 rings (SSSR count). The maximum Gasteiger partial charge on any atom is 0.251 e. The highest BCUT2D eigenvalue weighted by molar-refractivity contribution is 6.07. The number of carbonyl (C=O) groups is 12. The van der Waals surface area contributed by atoms with Gasteiger partial charge in [0, 0.05) is 130 Å². The van der Waals surface area contributed by atoms with Crippen molar-refractivity contribution in [3.8, 4) is 0 Å². The van der Waals surface area contributed by atoms with Crippen LogP contribution in [0.4, 0.5) is 0 Å². The highest BCUT2D eigenvalue weighted by atomic mass is 16.2. The zero-order chi connectivity index (χ0) is 64.6. The zero-order valence-electron chi connectivity index (χ0n) is 51.7. The molecule has 8 bridgehead atoms. The Morgan fingerprint density at radius 1 is 0.359 bits per heavy atom. The van der Waals surface area contributed by atoms with Crippen molar-refractivity contribution in [2.75, 3.05) is 7.05 Å². The lowest BCUT2D eigenvalue weighted by molar-refractivity contribution is -0.123. The van der Waals surface area contributed by atoms with E-state index < -0.39 is 125 Å². The van der Waals surface area contributed by atoms with Crippen LogP contribution in [-0.2, 0) is 9.59 Å². The molecule has 2 aliphatic heterocycles. The summed E-state index contributed by atoms with van der Waals surface area (Å²) in [5.41, 5.74) is 0.788. The molecule has 4 aromatic carbocycles. The van der Waals surface area contributed by atoms with Crippen molar-refractivity contribution in [1.82, 2.24) is 58.5 Å². The molecule has 5 aliphatic carbocycles. The first-order valence-corrected chi connectivity index (χ1v) is 32.8. The average Bonchev–Trinajstić information content (AvgIpc) is 1.30. The van der Waals surface area contributed by atoms with Crippen LogP contribution in [0.3, 0.4) is 0 Å². The minimum Gasteiger partial charge on any atom is -0.359 e. The molecule has 23 heteroatoms. The Hall–Kier alpha value is -9.28. The van der Waals surface area contributed by atoms with Crippen LogP contribution in [0.2, 0.25) is 0 Å². The maximum atomic E-state index is 15.0. The van der Waals surface area contributed by atoms with E-state index in [4.69, 9.17) is 0 Å². The number of fused-ring (bicyclic) bond motifs is 12. The topological polar surface area (TPSA) is 337 Å². The van der Waals surface area contributed by atoms with Crippen LogP contribution in [0.1, 0.15) is 238 Å². The molecule has 2 heterocycles. The Morgan fingerprint density at radius 2 is 0.609 bits per heavy atom. The Labute approximate surface area is 533 Å². The van der Waals surface area contributed by atoms with Gasteiger partial charge in [-0.2, -0.15) is 0 Å². The van der Waals surface area contributed by atoms with E-state index in [1.165, 1.54) is 55.6 Å². The number of amides is 11. The van der Waals surface area contributed by atoms with Gasteiger partial charge in [0.25, 0.3) is 59.1 Å². The largest absolute Gasteiger partial charge is 0.359 e. The molecule has 11 amide bonds. The van der Waals surface area contributed by atoms with E-state index in [1.807, 2.05) is 0 Å². The molecule has 2 unspecified atom stereocenters. The first-order chi connectivity index (χ1) is 44.4. The average molecular weight is 1260 g/mol. The fourth-order valence-electron chi connectivity index (χ4n) is 14.4. The van der Waals surface area contributed by atoms with Crippen LogP contribution in [0.5, 0.6) is 0 Å². The number of rotatable bonds is 9. The predicted molar refractivity (Wildman–Crippen MR) is 338 cm³/mol. The van der Waals surface area contributed by atoms with Crippen molar-refractivity contribution in [2.24, 2.45) is 5.92 Å². The SMILES string of the molecule is CNC(=O)CCCC(=O)C1CC(NC(=O)c2cc3cc(c2)C(=O)N[C@@H]2CCCC[C@H]2NC(=O)c2cccc(c2)C(=O)N[C@@H]2CCCC[C@H]2NC3=O)[C@@H](NC(=O)c2cc3cc(c2)C(=O)N[C@@H]2CCCC[C@H]2NC(=O)c2cccc(c2)C(=O)N[C@@H]2CCCC[C@H]2NC3=O)C1. The fraction of sp³-hybridized carbons (Fsp3) is 0.478. The van der Waals surface area contributed by atoms with E-state index in [-0.39, 0.29) is 99.4 Å². The standard InChI is InChI=1S/C69H81N11O12/c1-70-59(82)26-12-25-58(81)41-35-56(79-68(91)46-31-42-29-43(32-46)65(88)76-53-22-7-3-18-49(53)72-61(84)38-14-10-13-37(27-38)60(83)71-48-17-2-6-21-52(48)75-64(42)87)57(36-41)80-69(92)47-33-44-30-45(34-47)67(90)78-55-24-9-5-20-51(55)74-63(86)40-16-11-15-39(28-40)62(85)73-50-19-4-8-23-54(50)77-66(44)89/h10-11,13-16,27-34,41,48-57H,2-9,12,17-26,35-36H2,1H3,(H,70,82)(H,71,83)(H,72,84)(H,73,85)(H,74,86)(H,75,87)(H,76,88)(H,77,89)(H,78,90)(H,79,91)(H,80,92)/t41?,48-,49-,50-,51-,52-,53-,54-,55-,56+,57?/m1/s1. The van der Waals surface area contributed by atoms with E-state index in [1.54, 1.807) is 36.4 Å². The first-order valence-electron chi connectivity index (χ1n) is 32.8. The summed E-state index contributed by atoms with van der Waals surface area (Å²) in [6.45, 7) is 0. The van der Waals surface area contributed by atoms with Gasteiger partial charge in [0.05, 0.1) is 12.1 Å². The van der Waals surface area contributed by atoms with Crippen molar-refractivity contribution >= 4 is 70.8 Å². The van der Waals surface area contributed by atoms with Crippen LogP contribution < -0.4 is 58.5 Å². The lowest BCUT2D eigenvalue weighted by atomic mass is 9.89. The quantitative estimate of drug-likeness (QED) is 0.106. The second-order valence-corrected chi connectivity index (χ2v) is 25.9. The molecule has 0 spiro atoms. The summed E-state index contributed by atoms with van der Waals surface area (Å²) in [6.07, 6.45) is 10.8. The minimum absolute atomic E-state index is 0.0261. The Morgan fingerprint density at radius 3 is 0.870 bits per heavy atom. The van der Waals surface area contributed by atoms with E-state index in [0.29, 0.717) is 51.4 Å². The van der Waals surface area contributed by atoms with Crippen molar-refractivity contribution in [1.29, 1.82) is 0 Å².